The third-order valence-electron chi connectivity index (χ3n) is 13.7. The van der Waals surface area contributed by atoms with E-state index in [2.05, 4.69) is 221 Å². The summed E-state index contributed by atoms with van der Waals surface area (Å²) in [5.74, 6) is 1.84. The number of pyridine rings is 1. The Morgan fingerprint density at radius 2 is 0.700 bits per heavy atom. The monoisotopic (exact) mass is 892 g/mol. The van der Waals surface area contributed by atoms with Gasteiger partial charge in [-0.05, 0) is 83.2 Å². The summed E-state index contributed by atoms with van der Waals surface area (Å²) in [5.41, 5.74) is 14.7. The number of hydrogen-bond donors (Lipinski definition) is 0. The molecular formula is C64H40N6. The van der Waals surface area contributed by atoms with Crippen molar-refractivity contribution in [3.8, 4) is 67.9 Å². The van der Waals surface area contributed by atoms with Gasteiger partial charge in [-0.25, -0.2) is 19.9 Å². The van der Waals surface area contributed by atoms with Crippen LogP contribution in [0, 0.1) is 0 Å². The van der Waals surface area contributed by atoms with Gasteiger partial charge in [-0.15, -0.1) is 0 Å². The van der Waals surface area contributed by atoms with E-state index in [1.54, 1.807) is 0 Å². The summed E-state index contributed by atoms with van der Waals surface area (Å²) in [7, 11) is 0. The van der Waals surface area contributed by atoms with Gasteiger partial charge in [-0.2, -0.15) is 0 Å². The number of aromatic nitrogens is 6. The highest BCUT2D eigenvalue weighted by atomic mass is 15.0. The van der Waals surface area contributed by atoms with Crippen molar-refractivity contribution in [2.45, 2.75) is 0 Å². The molecule has 0 aliphatic rings. The zero-order valence-corrected chi connectivity index (χ0v) is 37.8. The van der Waals surface area contributed by atoms with Crippen LogP contribution in [0.3, 0.4) is 0 Å². The molecule has 10 aromatic carbocycles. The van der Waals surface area contributed by atoms with Gasteiger partial charge in [0.2, 0.25) is 0 Å². The van der Waals surface area contributed by atoms with E-state index in [4.69, 9.17) is 19.9 Å². The number of rotatable bonds is 7. The summed E-state index contributed by atoms with van der Waals surface area (Å²) in [6.45, 7) is 0. The number of fused-ring (bicyclic) bond motifs is 9. The van der Waals surface area contributed by atoms with Crippen molar-refractivity contribution in [2.24, 2.45) is 0 Å². The Hall–Kier alpha value is -9.52. The molecule has 326 valence electrons. The highest BCUT2D eigenvalue weighted by Crippen LogP contribution is 2.41. The van der Waals surface area contributed by atoms with E-state index >= 15 is 0 Å². The molecule has 6 heteroatoms. The zero-order chi connectivity index (χ0) is 46.1. The zero-order valence-electron chi connectivity index (χ0n) is 37.8. The molecule has 0 radical (unpaired) electrons. The number of nitrogens with zero attached hydrogens (tertiary/aromatic N) is 6. The molecule has 0 aliphatic carbocycles. The summed E-state index contributed by atoms with van der Waals surface area (Å²) in [6, 6.07) is 85.7. The highest BCUT2D eigenvalue weighted by molar-refractivity contribution is 6.20. The van der Waals surface area contributed by atoms with Gasteiger partial charge in [0.1, 0.15) is 0 Å². The summed E-state index contributed by atoms with van der Waals surface area (Å²) < 4.78 is 4.71. The standard InChI is InChI=1S/C64H40N6/c1-4-17-42(18-5-1)61-55-39-54-51-27-12-15-30-59(51)69(47-22-8-3-9-23-47)60(54)40-52(55)53-38-45(35-36-56(53)65-61)41-31-33-44(34-32-41)63-66-62(43-19-6-2-7-20-43)67-64(68-63)46-21-16-24-48(37-46)70-57-28-13-10-25-49(57)50-26-11-14-29-58(50)70/h1-40H. The Kier molecular flexibility index (Phi) is 9.10. The molecule has 0 amide bonds. The van der Waals surface area contributed by atoms with E-state index in [1.165, 1.54) is 27.1 Å². The van der Waals surface area contributed by atoms with Crippen LogP contribution < -0.4 is 0 Å². The van der Waals surface area contributed by atoms with Crippen molar-refractivity contribution in [1.29, 1.82) is 0 Å². The van der Waals surface area contributed by atoms with Crippen molar-refractivity contribution in [3.05, 3.63) is 243 Å². The highest BCUT2D eigenvalue weighted by Gasteiger charge is 2.20. The second-order valence-electron chi connectivity index (χ2n) is 17.8. The third-order valence-corrected chi connectivity index (χ3v) is 13.7. The van der Waals surface area contributed by atoms with Crippen molar-refractivity contribution in [3.63, 3.8) is 0 Å². The van der Waals surface area contributed by atoms with Crippen molar-refractivity contribution >= 4 is 65.3 Å². The fraction of sp³-hybridized carbons (Fsp3) is 0. The molecular weight excluding hydrogens is 853 g/mol. The first-order valence-corrected chi connectivity index (χ1v) is 23.6. The Morgan fingerprint density at radius 1 is 0.229 bits per heavy atom. The quantitative estimate of drug-likeness (QED) is 0.150. The molecule has 0 N–H and O–H groups in total. The van der Waals surface area contributed by atoms with Crippen LogP contribution in [0.1, 0.15) is 0 Å². The van der Waals surface area contributed by atoms with Crippen LogP contribution in [0.25, 0.3) is 133 Å². The summed E-state index contributed by atoms with van der Waals surface area (Å²) in [6.07, 6.45) is 0. The largest absolute Gasteiger partial charge is 0.309 e. The van der Waals surface area contributed by atoms with E-state index in [1.807, 2.05) is 30.3 Å². The molecule has 0 saturated carbocycles. The Morgan fingerprint density at radius 3 is 1.34 bits per heavy atom. The first kappa shape index (κ1) is 39.6. The molecule has 0 saturated heterocycles. The van der Waals surface area contributed by atoms with Gasteiger partial charge in [0.05, 0.1) is 33.3 Å². The molecule has 0 spiro atoms. The minimum absolute atomic E-state index is 0.609. The molecule has 0 atom stereocenters. The van der Waals surface area contributed by atoms with Gasteiger partial charge < -0.3 is 9.13 Å². The maximum atomic E-state index is 5.40. The van der Waals surface area contributed by atoms with Gasteiger partial charge in [0.15, 0.2) is 17.5 Å². The van der Waals surface area contributed by atoms with Gasteiger partial charge in [-0.3, -0.25) is 0 Å². The minimum atomic E-state index is 0.609. The van der Waals surface area contributed by atoms with Gasteiger partial charge in [0.25, 0.3) is 0 Å². The van der Waals surface area contributed by atoms with Crippen molar-refractivity contribution in [2.75, 3.05) is 0 Å². The number of hydrogen-bond acceptors (Lipinski definition) is 4. The van der Waals surface area contributed by atoms with E-state index in [9.17, 15) is 0 Å². The SMILES string of the molecule is c1ccc(-c2nc(-c3ccc(-c4ccc5nc(-c6ccccc6)c6cc7c8ccccc8n(-c8ccccc8)c7cc6c5c4)cc3)nc(-c3cccc(-n4c5ccccc5c5ccccc54)c3)n2)cc1. The number of benzene rings is 10. The molecule has 70 heavy (non-hydrogen) atoms. The lowest BCUT2D eigenvalue weighted by atomic mass is 9.95. The maximum Gasteiger partial charge on any atom is 0.164 e. The lowest BCUT2D eigenvalue weighted by Crippen LogP contribution is -2.01. The topological polar surface area (TPSA) is 61.4 Å². The first-order chi connectivity index (χ1) is 34.7. The van der Waals surface area contributed by atoms with E-state index in [0.717, 1.165) is 88.7 Å². The molecule has 4 heterocycles. The Bertz CT molecular complexity index is 4280. The lowest BCUT2D eigenvalue weighted by molar-refractivity contribution is 1.07. The van der Waals surface area contributed by atoms with Crippen LogP contribution in [0.15, 0.2) is 243 Å². The molecule has 14 rings (SSSR count). The predicted octanol–water partition coefficient (Wildman–Crippen LogP) is 16.1. The summed E-state index contributed by atoms with van der Waals surface area (Å²) >= 11 is 0. The van der Waals surface area contributed by atoms with Crippen molar-refractivity contribution < 1.29 is 0 Å². The van der Waals surface area contributed by atoms with Gasteiger partial charge >= 0.3 is 0 Å². The molecule has 14 aromatic rings. The van der Waals surface area contributed by atoms with E-state index in [0.29, 0.717) is 17.5 Å². The van der Waals surface area contributed by atoms with Crippen LogP contribution in [0.5, 0.6) is 0 Å². The fourth-order valence-electron chi connectivity index (χ4n) is 10.5. The average molecular weight is 893 g/mol. The summed E-state index contributed by atoms with van der Waals surface area (Å²) in [5, 5.41) is 8.22. The third kappa shape index (κ3) is 6.49. The molecule has 0 bridgehead atoms. The molecule has 6 nitrogen and oxygen atoms in total. The minimum Gasteiger partial charge on any atom is -0.309 e. The Labute approximate surface area is 403 Å². The smallest absolute Gasteiger partial charge is 0.164 e. The average Bonchev–Trinajstić information content (AvgIpc) is 3.95. The van der Waals surface area contributed by atoms with Gasteiger partial charge in [0, 0.05) is 65.9 Å². The van der Waals surface area contributed by atoms with Crippen LogP contribution in [-0.4, -0.2) is 29.1 Å². The van der Waals surface area contributed by atoms with Crippen LogP contribution in [0.2, 0.25) is 0 Å². The predicted molar refractivity (Wildman–Crippen MR) is 288 cm³/mol. The lowest BCUT2D eigenvalue weighted by Gasteiger charge is -2.14. The van der Waals surface area contributed by atoms with Crippen LogP contribution in [-0.2, 0) is 0 Å². The molecule has 4 aromatic heterocycles. The summed E-state index contributed by atoms with van der Waals surface area (Å²) in [4.78, 5) is 20.8. The van der Waals surface area contributed by atoms with Crippen LogP contribution >= 0.6 is 0 Å². The Balaban J connectivity index is 0.897. The van der Waals surface area contributed by atoms with E-state index in [-0.39, 0.29) is 0 Å². The second kappa shape index (κ2) is 16.1. The molecule has 0 aliphatic heterocycles. The molecule has 0 fully saturated rings. The fourth-order valence-corrected chi connectivity index (χ4v) is 10.5. The second-order valence-corrected chi connectivity index (χ2v) is 17.8. The number of para-hydroxylation sites is 4. The van der Waals surface area contributed by atoms with Crippen LogP contribution in [0.4, 0.5) is 0 Å². The van der Waals surface area contributed by atoms with Crippen molar-refractivity contribution in [1.82, 2.24) is 29.1 Å². The maximum absolute atomic E-state index is 5.40. The normalized spacial score (nSPS) is 11.7. The van der Waals surface area contributed by atoms with Gasteiger partial charge in [-0.1, -0.05) is 176 Å². The molecule has 0 unspecified atom stereocenters. The first-order valence-electron chi connectivity index (χ1n) is 23.6. The van der Waals surface area contributed by atoms with E-state index < -0.39 is 0 Å².